The summed E-state index contributed by atoms with van der Waals surface area (Å²) < 4.78 is 3.11. The Labute approximate surface area is 166 Å². The van der Waals surface area contributed by atoms with E-state index in [0.717, 1.165) is 33.5 Å². The predicted octanol–water partition coefficient (Wildman–Crippen LogP) is 4.12. The molecular weight excluding hydrogens is 412 g/mol. The third-order valence-corrected chi connectivity index (χ3v) is 7.05. The quantitative estimate of drug-likeness (QED) is 0.694. The van der Waals surface area contributed by atoms with Crippen LogP contribution in [0.25, 0.3) is 11.4 Å². The van der Waals surface area contributed by atoms with Crippen molar-refractivity contribution in [2.24, 2.45) is 11.8 Å². The van der Waals surface area contributed by atoms with Crippen molar-refractivity contribution in [3.8, 4) is 11.4 Å². The minimum Gasteiger partial charge on any atom is -0.352 e. The molecule has 1 amide bonds. The number of benzene rings is 1. The summed E-state index contributed by atoms with van der Waals surface area (Å²) in [4.78, 5) is 12.4. The fourth-order valence-electron chi connectivity index (χ4n) is 4.29. The van der Waals surface area contributed by atoms with Gasteiger partial charge in [0.05, 0.1) is 5.75 Å². The Hall–Kier alpha value is -1.34. The van der Waals surface area contributed by atoms with Crippen LogP contribution < -0.4 is 5.32 Å². The third kappa shape index (κ3) is 3.69. The molecule has 2 saturated carbocycles. The van der Waals surface area contributed by atoms with Crippen LogP contribution in [-0.2, 0) is 11.3 Å². The van der Waals surface area contributed by atoms with E-state index < -0.39 is 0 Å². The van der Waals surface area contributed by atoms with Crippen LogP contribution in [0.3, 0.4) is 0 Å². The summed E-state index contributed by atoms with van der Waals surface area (Å²) in [5, 5.41) is 12.7. The number of halogens is 1. The number of aromatic nitrogens is 3. The van der Waals surface area contributed by atoms with Gasteiger partial charge in [-0.3, -0.25) is 4.79 Å². The summed E-state index contributed by atoms with van der Waals surface area (Å²) in [6.07, 6.45) is 5.10. The summed E-state index contributed by atoms with van der Waals surface area (Å²) in [6, 6.07) is 8.44. The minimum absolute atomic E-state index is 0.114. The molecule has 1 heterocycles. The fraction of sp³-hybridized carbons (Fsp3) is 0.526. The van der Waals surface area contributed by atoms with Crippen molar-refractivity contribution >= 4 is 33.6 Å². The topological polar surface area (TPSA) is 59.8 Å². The summed E-state index contributed by atoms with van der Waals surface area (Å²) >= 11 is 4.93. The Morgan fingerprint density at radius 2 is 2.08 bits per heavy atom. The molecule has 2 bridgehead atoms. The lowest BCUT2D eigenvalue weighted by molar-refractivity contribution is -0.119. The minimum atomic E-state index is 0.114. The van der Waals surface area contributed by atoms with Crippen LogP contribution in [0.1, 0.15) is 32.6 Å². The molecule has 5 nitrogen and oxygen atoms in total. The summed E-state index contributed by atoms with van der Waals surface area (Å²) in [7, 11) is 0. The van der Waals surface area contributed by atoms with Gasteiger partial charge in [0.15, 0.2) is 11.0 Å². The first-order valence-electron chi connectivity index (χ1n) is 9.25. The van der Waals surface area contributed by atoms with Crippen LogP contribution in [0.15, 0.2) is 33.9 Å². The standard InChI is InChI=1S/C19H23BrN4OS/c1-2-24-18(13-5-7-15(20)8-6-13)22-23-19(24)26-11-17(25)21-16-10-12-3-4-14(16)9-12/h5-8,12,14,16H,2-4,9-11H2,1H3,(H,21,25)/t12-,14+,16+/m0/s1. The van der Waals surface area contributed by atoms with Gasteiger partial charge in [0.1, 0.15) is 0 Å². The lowest BCUT2D eigenvalue weighted by Gasteiger charge is -2.22. The maximum atomic E-state index is 12.4. The molecule has 1 N–H and O–H groups in total. The molecule has 2 aliphatic carbocycles. The first kappa shape index (κ1) is 18.0. The summed E-state index contributed by atoms with van der Waals surface area (Å²) in [5.74, 6) is 2.90. The first-order valence-corrected chi connectivity index (χ1v) is 11.0. The van der Waals surface area contributed by atoms with Crippen molar-refractivity contribution < 1.29 is 4.79 Å². The second-order valence-corrected chi connectivity index (χ2v) is 9.05. The number of amides is 1. The number of carbonyl (C=O) groups excluding carboxylic acids is 1. The van der Waals surface area contributed by atoms with E-state index in [1.807, 2.05) is 24.3 Å². The Balaban J connectivity index is 1.39. The van der Waals surface area contributed by atoms with Gasteiger partial charge in [-0.2, -0.15) is 0 Å². The number of nitrogens with zero attached hydrogens (tertiary/aromatic N) is 3. The highest BCUT2D eigenvalue weighted by Gasteiger charge is 2.40. The molecule has 4 rings (SSSR count). The largest absolute Gasteiger partial charge is 0.352 e. The second kappa shape index (κ2) is 7.72. The van der Waals surface area contributed by atoms with Crippen molar-refractivity contribution in [1.82, 2.24) is 20.1 Å². The number of hydrogen-bond acceptors (Lipinski definition) is 4. The molecule has 138 valence electrons. The number of thioether (sulfide) groups is 1. The van der Waals surface area contributed by atoms with Gasteiger partial charge >= 0.3 is 0 Å². The monoisotopic (exact) mass is 434 g/mol. The zero-order valence-electron chi connectivity index (χ0n) is 14.8. The van der Waals surface area contributed by atoms with Crippen molar-refractivity contribution in [2.45, 2.75) is 50.4 Å². The van der Waals surface area contributed by atoms with Gasteiger partial charge in [0.2, 0.25) is 5.91 Å². The molecular formula is C19H23BrN4OS. The number of hydrogen-bond donors (Lipinski definition) is 1. The SMILES string of the molecule is CCn1c(SCC(=O)N[C@@H]2C[C@H]3CC[C@@H]2C3)nnc1-c1ccc(Br)cc1. The fourth-order valence-corrected chi connectivity index (χ4v) is 5.37. The smallest absolute Gasteiger partial charge is 0.230 e. The molecule has 2 aromatic rings. The number of nitrogens with one attached hydrogen (secondary N) is 1. The average molecular weight is 435 g/mol. The van der Waals surface area contributed by atoms with E-state index >= 15 is 0 Å². The normalized spacial score (nSPS) is 24.2. The highest BCUT2D eigenvalue weighted by Crippen LogP contribution is 2.44. The van der Waals surface area contributed by atoms with Crippen LogP contribution in [0, 0.1) is 11.8 Å². The third-order valence-electron chi connectivity index (χ3n) is 5.55. The van der Waals surface area contributed by atoms with Crippen LogP contribution in [0.4, 0.5) is 0 Å². The van der Waals surface area contributed by atoms with Crippen molar-refractivity contribution in [3.63, 3.8) is 0 Å². The molecule has 3 atom stereocenters. The van der Waals surface area contributed by atoms with E-state index in [-0.39, 0.29) is 5.91 Å². The van der Waals surface area contributed by atoms with Crippen molar-refractivity contribution in [3.05, 3.63) is 28.7 Å². The van der Waals surface area contributed by atoms with Gasteiger partial charge in [-0.05, 0) is 50.2 Å². The molecule has 1 aromatic carbocycles. The molecule has 7 heteroatoms. The van der Waals surface area contributed by atoms with Crippen molar-refractivity contribution in [2.75, 3.05) is 5.75 Å². The molecule has 0 spiro atoms. The van der Waals surface area contributed by atoms with Crippen LogP contribution in [0.2, 0.25) is 0 Å². The van der Waals surface area contributed by atoms with Crippen molar-refractivity contribution in [1.29, 1.82) is 0 Å². The molecule has 1 aromatic heterocycles. The van der Waals surface area contributed by atoms with Gasteiger partial charge in [-0.25, -0.2) is 0 Å². The van der Waals surface area contributed by atoms with E-state index in [2.05, 4.69) is 42.9 Å². The molecule has 2 fully saturated rings. The average Bonchev–Trinajstić information content (AvgIpc) is 3.35. The zero-order chi connectivity index (χ0) is 18.1. The van der Waals surface area contributed by atoms with Gasteiger partial charge in [-0.1, -0.05) is 46.2 Å². The van der Waals surface area contributed by atoms with Gasteiger partial charge in [0, 0.05) is 22.6 Å². The highest BCUT2D eigenvalue weighted by molar-refractivity contribution is 9.10. The molecule has 26 heavy (non-hydrogen) atoms. The Morgan fingerprint density at radius 1 is 1.27 bits per heavy atom. The molecule has 0 aliphatic heterocycles. The second-order valence-electron chi connectivity index (χ2n) is 7.19. The van der Waals surface area contributed by atoms with Gasteiger partial charge in [-0.15, -0.1) is 10.2 Å². The Morgan fingerprint density at radius 3 is 2.73 bits per heavy atom. The maximum absolute atomic E-state index is 12.4. The molecule has 0 saturated heterocycles. The summed E-state index contributed by atoms with van der Waals surface area (Å²) in [5.41, 5.74) is 1.03. The first-order chi connectivity index (χ1) is 12.6. The van der Waals surface area contributed by atoms with E-state index in [0.29, 0.717) is 17.7 Å². The number of carbonyl (C=O) groups is 1. The highest BCUT2D eigenvalue weighted by atomic mass is 79.9. The summed E-state index contributed by atoms with van der Waals surface area (Å²) in [6.45, 7) is 2.85. The predicted molar refractivity (Wildman–Crippen MR) is 107 cm³/mol. The van der Waals surface area contributed by atoms with E-state index in [1.54, 1.807) is 0 Å². The number of rotatable bonds is 6. The van der Waals surface area contributed by atoms with Crippen LogP contribution in [0.5, 0.6) is 0 Å². The van der Waals surface area contributed by atoms with Gasteiger partial charge in [0.25, 0.3) is 0 Å². The Kier molecular flexibility index (Phi) is 5.36. The molecule has 0 unspecified atom stereocenters. The maximum Gasteiger partial charge on any atom is 0.230 e. The Bertz CT molecular complexity index is 791. The van der Waals surface area contributed by atoms with Crippen LogP contribution in [-0.4, -0.2) is 32.5 Å². The molecule has 2 aliphatic rings. The lowest BCUT2D eigenvalue weighted by Crippen LogP contribution is -2.39. The van der Waals surface area contributed by atoms with Crippen LogP contribution >= 0.6 is 27.7 Å². The van der Waals surface area contributed by atoms with E-state index in [9.17, 15) is 4.79 Å². The zero-order valence-corrected chi connectivity index (χ0v) is 17.2. The molecule has 0 radical (unpaired) electrons. The van der Waals surface area contributed by atoms with E-state index in [4.69, 9.17) is 0 Å². The van der Waals surface area contributed by atoms with Gasteiger partial charge < -0.3 is 9.88 Å². The van der Waals surface area contributed by atoms with E-state index in [1.165, 1.54) is 37.4 Å². The number of fused-ring (bicyclic) bond motifs is 2. The lowest BCUT2D eigenvalue weighted by atomic mass is 9.95.